The molecule has 1 unspecified atom stereocenters. The molecule has 0 radical (unpaired) electrons. The maximum atomic E-state index is 12.2. The van der Waals surface area contributed by atoms with Crippen LogP contribution in [-0.2, 0) is 14.3 Å². The molecule has 0 heterocycles. The molecule has 0 amide bonds. The summed E-state index contributed by atoms with van der Waals surface area (Å²) in [6.07, 6.45) is 7.96. The van der Waals surface area contributed by atoms with Crippen LogP contribution in [0.2, 0.25) is 0 Å². The lowest BCUT2D eigenvalue weighted by molar-refractivity contribution is -0.146. The molecule has 0 aromatic carbocycles. The van der Waals surface area contributed by atoms with Crippen LogP contribution < -0.4 is 0 Å². The molecule has 23 heavy (non-hydrogen) atoms. The zero-order valence-corrected chi connectivity index (χ0v) is 15.7. The molecule has 0 N–H and O–H groups in total. The monoisotopic (exact) mass is 322 g/mol. The first-order valence-corrected chi connectivity index (χ1v) is 9.17. The molecule has 1 fully saturated rings. The van der Waals surface area contributed by atoms with Gasteiger partial charge in [0, 0.05) is 0 Å². The summed E-state index contributed by atoms with van der Waals surface area (Å²) in [7, 11) is 1.46. The van der Waals surface area contributed by atoms with Gasteiger partial charge >= 0.3 is 5.97 Å². The third-order valence-corrected chi connectivity index (χ3v) is 5.87. The fourth-order valence-electron chi connectivity index (χ4n) is 4.80. The highest BCUT2D eigenvalue weighted by molar-refractivity contribution is 5.87. The van der Waals surface area contributed by atoms with Crippen LogP contribution >= 0.6 is 0 Å². The van der Waals surface area contributed by atoms with E-state index in [1.165, 1.54) is 20.0 Å². The lowest BCUT2D eigenvalue weighted by Crippen LogP contribution is -2.31. The summed E-state index contributed by atoms with van der Waals surface area (Å²) in [5, 5.41) is 0. The van der Waals surface area contributed by atoms with Gasteiger partial charge in [-0.25, -0.2) is 0 Å². The van der Waals surface area contributed by atoms with E-state index in [1.807, 2.05) is 6.08 Å². The molecule has 3 nitrogen and oxygen atoms in total. The average molecular weight is 322 g/mol. The van der Waals surface area contributed by atoms with Gasteiger partial charge < -0.3 is 4.74 Å². The molecule has 1 rings (SSSR count). The van der Waals surface area contributed by atoms with Gasteiger partial charge in [-0.05, 0) is 49.0 Å². The van der Waals surface area contributed by atoms with E-state index in [0.717, 1.165) is 12.8 Å². The van der Waals surface area contributed by atoms with Crippen LogP contribution in [0.3, 0.4) is 0 Å². The molecule has 1 aliphatic rings. The van der Waals surface area contributed by atoms with E-state index in [0.29, 0.717) is 23.7 Å². The standard InChI is InChI=1S/C20H34O3/c1-7-15(8-2)16(9-3)19-13(4)12-18(20(22)23-6)17(19)11-10-14(5)21/h10-11,13,15-19H,7-9,12H2,1-6H3/b11-10+/t13-,16?,17-,18+,19-/m1/s1. The van der Waals surface area contributed by atoms with Crippen LogP contribution in [0.5, 0.6) is 0 Å². The molecule has 1 saturated carbocycles. The Morgan fingerprint density at radius 2 is 1.78 bits per heavy atom. The van der Waals surface area contributed by atoms with Crippen molar-refractivity contribution >= 4 is 11.8 Å². The van der Waals surface area contributed by atoms with E-state index < -0.39 is 0 Å². The second-order valence-corrected chi connectivity index (χ2v) is 7.12. The van der Waals surface area contributed by atoms with Crippen molar-refractivity contribution in [3.8, 4) is 0 Å². The molecule has 5 atom stereocenters. The first kappa shape index (κ1) is 19.9. The second-order valence-electron chi connectivity index (χ2n) is 7.12. The summed E-state index contributed by atoms with van der Waals surface area (Å²) in [4.78, 5) is 23.7. The second kappa shape index (κ2) is 9.24. The van der Waals surface area contributed by atoms with Gasteiger partial charge in [0.2, 0.25) is 0 Å². The average Bonchev–Trinajstić information content (AvgIpc) is 2.86. The van der Waals surface area contributed by atoms with E-state index in [4.69, 9.17) is 4.74 Å². The number of methoxy groups -OCH3 is 1. The summed E-state index contributed by atoms with van der Waals surface area (Å²) >= 11 is 0. The highest BCUT2D eigenvalue weighted by atomic mass is 16.5. The molecule has 0 saturated heterocycles. The number of carbonyl (C=O) groups is 2. The molecule has 132 valence electrons. The van der Waals surface area contributed by atoms with Crippen molar-refractivity contribution in [2.75, 3.05) is 7.11 Å². The Hall–Kier alpha value is -1.12. The zero-order valence-electron chi connectivity index (χ0n) is 15.7. The number of esters is 1. The van der Waals surface area contributed by atoms with Crippen LogP contribution in [0.4, 0.5) is 0 Å². The Morgan fingerprint density at radius 3 is 2.22 bits per heavy atom. The predicted molar refractivity (Wildman–Crippen MR) is 93.9 cm³/mol. The number of ether oxygens (including phenoxy) is 1. The van der Waals surface area contributed by atoms with Crippen molar-refractivity contribution < 1.29 is 14.3 Å². The Bertz CT molecular complexity index is 423. The molecule has 1 aliphatic carbocycles. The maximum Gasteiger partial charge on any atom is 0.309 e. The van der Waals surface area contributed by atoms with Crippen LogP contribution in [-0.4, -0.2) is 18.9 Å². The number of hydrogen-bond acceptors (Lipinski definition) is 3. The summed E-state index contributed by atoms with van der Waals surface area (Å²) in [6, 6.07) is 0. The normalized spacial score (nSPS) is 29.2. The van der Waals surface area contributed by atoms with E-state index in [9.17, 15) is 9.59 Å². The molecule has 0 aromatic heterocycles. The van der Waals surface area contributed by atoms with E-state index in [1.54, 1.807) is 13.0 Å². The van der Waals surface area contributed by atoms with Crippen LogP contribution in [0.1, 0.15) is 60.3 Å². The van der Waals surface area contributed by atoms with Crippen molar-refractivity contribution in [3.63, 3.8) is 0 Å². The molecular formula is C20H34O3. The fraction of sp³-hybridized carbons (Fsp3) is 0.800. The van der Waals surface area contributed by atoms with Gasteiger partial charge in [0.1, 0.15) is 0 Å². The minimum absolute atomic E-state index is 0.0440. The minimum atomic E-state index is -0.128. The molecule has 0 bridgehead atoms. The largest absolute Gasteiger partial charge is 0.469 e. The molecule has 0 aromatic rings. The SMILES string of the molecule is CCC(CC)C(CC)[C@@H]1[C@H](/C=C/C(C)=O)[C@@H](C(=O)OC)C[C@H]1C. The Morgan fingerprint density at radius 1 is 1.17 bits per heavy atom. The first-order valence-electron chi connectivity index (χ1n) is 9.17. The molecule has 0 aliphatic heterocycles. The van der Waals surface area contributed by atoms with Crippen LogP contribution in [0.25, 0.3) is 0 Å². The van der Waals surface area contributed by atoms with Crippen molar-refractivity contribution in [2.45, 2.75) is 60.3 Å². The van der Waals surface area contributed by atoms with Crippen molar-refractivity contribution in [2.24, 2.45) is 35.5 Å². The number of allylic oxidation sites excluding steroid dienone is 2. The Labute approximate surface area is 141 Å². The number of rotatable bonds is 8. The van der Waals surface area contributed by atoms with Gasteiger partial charge in [0.15, 0.2) is 5.78 Å². The Kier molecular flexibility index (Phi) is 8.01. The highest BCUT2D eigenvalue weighted by Gasteiger charge is 2.47. The smallest absolute Gasteiger partial charge is 0.309 e. The van der Waals surface area contributed by atoms with E-state index >= 15 is 0 Å². The first-order chi connectivity index (χ1) is 10.9. The van der Waals surface area contributed by atoms with Crippen LogP contribution in [0, 0.1) is 35.5 Å². The maximum absolute atomic E-state index is 12.2. The zero-order chi connectivity index (χ0) is 17.6. The highest BCUT2D eigenvalue weighted by Crippen LogP contribution is 2.50. The van der Waals surface area contributed by atoms with Crippen LogP contribution in [0.15, 0.2) is 12.2 Å². The van der Waals surface area contributed by atoms with E-state index in [2.05, 4.69) is 27.7 Å². The number of hydrogen-bond donors (Lipinski definition) is 0. The summed E-state index contributed by atoms with van der Waals surface area (Å²) in [6.45, 7) is 10.6. The van der Waals surface area contributed by atoms with E-state index in [-0.39, 0.29) is 23.6 Å². The van der Waals surface area contributed by atoms with Gasteiger partial charge in [-0.1, -0.05) is 53.0 Å². The predicted octanol–water partition coefficient (Wildman–Crippen LogP) is 4.66. The van der Waals surface area contributed by atoms with Gasteiger partial charge in [-0.3, -0.25) is 9.59 Å². The van der Waals surface area contributed by atoms with Gasteiger partial charge in [-0.2, -0.15) is 0 Å². The van der Waals surface area contributed by atoms with Crippen molar-refractivity contribution in [3.05, 3.63) is 12.2 Å². The number of ketones is 1. The molecule has 0 spiro atoms. The number of carbonyl (C=O) groups excluding carboxylic acids is 2. The van der Waals surface area contributed by atoms with Gasteiger partial charge in [-0.15, -0.1) is 0 Å². The summed E-state index contributed by atoms with van der Waals surface area (Å²) in [5.74, 6) is 2.12. The minimum Gasteiger partial charge on any atom is -0.469 e. The topological polar surface area (TPSA) is 43.4 Å². The quantitative estimate of drug-likeness (QED) is 0.482. The van der Waals surface area contributed by atoms with Gasteiger partial charge in [0.05, 0.1) is 13.0 Å². The summed E-state index contributed by atoms with van der Waals surface area (Å²) < 4.78 is 5.04. The fourth-order valence-corrected chi connectivity index (χ4v) is 4.80. The third-order valence-electron chi connectivity index (χ3n) is 5.87. The lowest BCUT2D eigenvalue weighted by Gasteiger charge is -2.35. The molecule has 3 heteroatoms. The van der Waals surface area contributed by atoms with Gasteiger partial charge in [0.25, 0.3) is 0 Å². The Balaban J connectivity index is 3.17. The lowest BCUT2D eigenvalue weighted by atomic mass is 9.69. The summed E-state index contributed by atoms with van der Waals surface area (Å²) in [5.41, 5.74) is 0. The van der Waals surface area contributed by atoms with Crippen molar-refractivity contribution in [1.29, 1.82) is 0 Å². The molecular weight excluding hydrogens is 288 g/mol. The third kappa shape index (κ3) is 4.68. The van der Waals surface area contributed by atoms with Crippen molar-refractivity contribution in [1.82, 2.24) is 0 Å².